The summed E-state index contributed by atoms with van der Waals surface area (Å²) in [5.74, 6) is 5.29. The first-order chi connectivity index (χ1) is 32.8. The number of likely N-dealkylation sites (N-methyl/N-ethyl adjacent to an activating group) is 1. The smallest absolute Gasteiger partial charge is 0.160 e. The monoisotopic (exact) mass is 905 g/mol. The number of nitrogens with two attached hydrogens (primary N) is 1. The number of aromatic hydroxyl groups is 1. The van der Waals surface area contributed by atoms with Gasteiger partial charge in [0, 0.05) is 58.4 Å². The molecule has 16 nitrogen and oxygen atoms in total. The molecule has 9 N–H and O–H groups in total. The molecule has 0 fully saturated rings. The van der Waals surface area contributed by atoms with Crippen molar-refractivity contribution in [3.05, 3.63) is 126 Å². The van der Waals surface area contributed by atoms with Crippen LogP contribution in [0.25, 0.3) is 89.7 Å². The lowest BCUT2D eigenvalue weighted by molar-refractivity contribution is 0.261. The van der Waals surface area contributed by atoms with Crippen molar-refractivity contribution in [1.29, 1.82) is 5.41 Å². The molecule has 342 valence electrons. The summed E-state index contributed by atoms with van der Waals surface area (Å²) in [4.78, 5) is 39.3. The van der Waals surface area contributed by atoms with E-state index in [1.54, 1.807) is 18.2 Å². The molecule has 0 radical (unpaired) electrons. The van der Waals surface area contributed by atoms with Crippen molar-refractivity contribution in [2.24, 2.45) is 16.1 Å². The third kappa shape index (κ3) is 9.04. The fourth-order valence-electron chi connectivity index (χ4n) is 8.03. The molecule has 6 aromatic carbocycles. The Hall–Kier alpha value is -8.50. The third-order valence-electron chi connectivity index (χ3n) is 11.8. The topological polar surface area (TPSA) is 231 Å². The number of nitrogen functional groups attached to an aromatic ring is 1. The maximum absolute atomic E-state index is 10.1. The Balaban J connectivity index is 0.000000159. The van der Waals surface area contributed by atoms with Crippen LogP contribution < -0.4 is 20.5 Å². The van der Waals surface area contributed by atoms with E-state index >= 15 is 0 Å². The number of hydrogen-bond donors (Lipinski definition) is 8. The van der Waals surface area contributed by atoms with Crippen molar-refractivity contribution in [3.8, 4) is 62.8 Å². The van der Waals surface area contributed by atoms with E-state index in [4.69, 9.17) is 35.6 Å². The van der Waals surface area contributed by atoms with Gasteiger partial charge in [0.05, 0.1) is 51.2 Å². The zero-order valence-electron chi connectivity index (χ0n) is 38.3. The van der Waals surface area contributed by atoms with Crippen molar-refractivity contribution in [2.75, 3.05) is 47.4 Å². The van der Waals surface area contributed by atoms with Gasteiger partial charge in [0.2, 0.25) is 0 Å². The van der Waals surface area contributed by atoms with Gasteiger partial charge in [0.25, 0.3) is 0 Å². The summed E-state index contributed by atoms with van der Waals surface area (Å²) in [7, 11) is 5.58. The molecule has 68 heavy (non-hydrogen) atoms. The van der Waals surface area contributed by atoms with E-state index in [1.165, 1.54) is 7.11 Å². The second-order valence-corrected chi connectivity index (χ2v) is 17.9. The van der Waals surface area contributed by atoms with Crippen molar-refractivity contribution < 1.29 is 14.6 Å². The van der Waals surface area contributed by atoms with Crippen LogP contribution in [0.2, 0.25) is 0 Å². The molecule has 11 rings (SSSR count). The van der Waals surface area contributed by atoms with Gasteiger partial charge in [0.15, 0.2) is 11.5 Å². The van der Waals surface area contributed by atoms with Crippen molar-refractivity contribution in [3.63, 3.8) is 0 Å². The molecule has 16 heteroatoms. The molecular weight excluding hydrogens is 855 g/mol. The fourth-order valence-corrected chi connectivity index (χ4v) is 8.03. The molecule has 0 amide bonds. The van der Waals surface area contributed by atoms with Crippen LogP contribution in [0.3, 0.4) is 0 Å². The van der Waals surface area contributed by atoms with Gasteiger partial charge in [-0.1, -0.05) is 26.0 Å². The number of ether oxygens (including phenoxy) is 2. The number of H-pyrrole nitrogens is 4. The van der Waals surface area contributed by atoms with Gasteiger partial charge in [-0.05, 0) is 117 Å². The van der Waals surface area contributed by atoms with Crippen LogP contribution in [0, 0.1) is 10.8 Å². The Morgan fingerprint density at radius 2 is 1.16 bits per heavy atom. The number of nitrogens with one attached hydrogen (secondary N) is 6. The van der Waals surface area contributed by atoms with Crippen LogP contribution in [0.4, 0.5) is 0 Å². The van der Waals surface area contributed by atoms with Gasteiger partial charge in [-0.2, -0.15) is 0 Å². The van der Waals surface area contributed by atoms with E-state index in [9.17, 15) is 5.11 Å². The predicted octanol–water partition coefficient (Wildman–Crippen LogP) is 8.86. The van der Waals surface area contributed by atoms with Gasteiger partial charge in [-0.3, -0.25) is 10.4 Å². The molecule has 0 saturated heterocycles. The van der Waals surface area contributed by atoms with Crippen LogP contribution in [-0.2, 0) is 0 Å². The number of aliphatic imine (C=N–C) groups is 1. The summed E-state index contributed by atoms with van der Waals surface area (Å²) < 4.78 is 11.0. The normalized spacial score (nSPS) is 13.4. The number of phenolic OH excluding ortho intramolecular Hbond substituents is 1. The Bertz CT molecular complexity index is 3540. The molecule has 1 aliphatic rings. The molecule has 4 aromatic heterocycles. The largest absolute Gasteiger partial charge is 0.504 e. The summed E-state index contributed by atoms with van der Waals surface area (Å²) in [5, 5.41) is 21.2. The number of methoxy groups -OCH3 is 1. The van der Waals surface area contributed by atoms with E-state index in [0.29, 0.717) is 23.7 Å². The van der Waals surface area contributed by atoms with Gasteiger partial charge in [0.1, 0.15) is 47.3 Å². The fraction of sp³-hybridized carbons (Fsp3) is 0.192. The lowest BCUT2D eigenvalue weighted by atomic mass is 9.92. The number of amidine groups is 2. The van der Waals surface area contributed by atoms with Crippen molar-refractivity contribution in [1.82, 2.24) is 50.1 Å². The minimum atomic E-state index is 0.0339. The molecule has 1 aliphatic heterocycles. The first kappa shape index (κ1) is 43.4. The number of aromatic nitrogens is 8. The van der Waals surface area contributed by atoms with Crippen molar-refractivity contribution >= 4 is 55.8 Å². The van der Waals surface area contributed by atoms with Crippen LogP contribution >= 0.6 is 0 Å². The molecule has 5 heterocycles. The summed E-state index contributed by atoms with van der Waals surface area (Å²) in [6.07, 6.45) is 0. The lowest BCUT2D eigenvalue weighted by Crippen LogP contribution is -2.41. The Morgan fingerprint density at radius 3 is 1.68 bits per heavy atom. The highest BCUT2D eigenvalue weighted by Crippen LogP contribution is 2.33. The van der Waals surface area contributed by atoms with Crippen LogP contribution in [-0.4, -0.2) is 109 Å². The van der Waals surface area contributed by atoms with Crippen LogP contribution in [0.15, 0.2) is 120 Å². The maximum Gasteiger partial charge on any atom is 0.160 e. The number of nitrogens with zero attached hydrogens (tertiary/aromatic N) is 6. The quantitative estimate of drug-likeness (QED) is 0.0454. The van der Waals surface area contributed by atoms with Crippen LogP contribution in [0.5, 0.6) is 17.2 Å². The molecule has 0 atom stereocenters. The van der Waals surface area contributed by atoms with E-state index in [-0.39, 0.29) is 17.0 Å². The molecule has 10 aromatic rings. The maximum atomic E-state index is 10.1. The zero-order valence-corrected chi connectivity index (χ0v) is 38.3. The summed E-state index contributed by atoms with van der Waals surface area (Å²) >= 11 is 0. The standard InChI is InChI=1S/C27H26N6O2.C25H25N7O/c1-27(2)13-28-24(29-14-27)15-4-7-18-20(10-15)32-25(30-18)16-5-8-19-21(11-16)33-26(31-19)17-6-9-23(35-3)22(34)12-17;1-32(2)10-11-33-18-5-3-4-16(12-18)24-28-20-9-7-17(14-22(20)31-24)25-29-19-8-6-15(23(26)27)13-21(19)30-25/h4-12,34H,13-14H2,1-3H3,(H,28,29)(H,30,32)(H,31,33);3-9,12-14H,10-11H2,1-2H3,(H3,26,27)(H,28,31)(H,29,30). The van der Waals surface area contributed by atoms with Gasteiger partial charge in [-0.15, -0.1) is 0 Å². The average molecular weight is 906 g/mol. The zero-order chi connectivity index (χ0) is 47.1. The second kappa shape index (κ2) is 17.7. The minimum absolute atomic E-state index is 0.0339. The number of benzene rings is 6. The highest BCUT2D eigenvalue weighted by atomic mass is 16.5. The average Bonchev–Trinajstić information content (AvgIpc) is 4.15. The summed E-state index contributed by atoms with van der Waals surface area (Å²) in [5.41, 5.74) is 18.2. The Kier molecular flexibility index (Phi) is 11.3. The number of aromatic amines is 4. The second-order valence-electron chi connectivity index (χ2n) is 17.9. The van der Waals surface area contributed by atoms with E-state index in [2.05, 4.69) is 66.1 Å². The predicted molar refractivity (Wildman–Crippen MR) is 270 cm³/mol. The number of imidazole rings is 4. The number of rotatable bonds is 11. The van der Waals surface area contributed by atoms with Gasteiger partial charge < -0.3 is 50.5 Å². The molecule has 0 unspecified atom stereocenters. The Morgan fingerprint density at radius 1 is 0.662 bits per heavy atom. The first-order valence-corrected chi connectivity index (χ1v) is 22.2. The number of hydrogen-bond acceptors (Lipinski definition) is 11. The first-order valence-electron chi connectivity index (χ1n) is 22.2. The van der Waals surface area contributed by atoms with Crippen molar-refractivity contribution in [2.45, 2.75) is 13.8 Å². The summed E-state index contributed by atoms with van der Waals surface area (Å²) in [6.45, 7) is 7.63. The minimum Gasteiger partial charge on any atom is -0.504 e. The van der Waals surface area contributed by atoms with Crippen LogP contribution in [0.1, 0.15) is 25.0 Å². The third-order valence-corrected chi connectivity index (χ3v) is 11.8. The number of fused-ring (bicyclic) bond motifs is 4. The molecular formula is C52H51N13O3. The summed E-state index contributed by atoms with van der Waals surface area (Å²) in [6, 6.07) is 36.9. The van der Waals surface area contributed by atoms with Gasteiger partial charge in [-0.25, -0.2) is 19.9 Å². The highest BCUT2D eigenvalue weighted by Gasteiger charge is 2.23. The van der Waals surface area contributed by atoms with E-state index in [0.717, 1.165) is 121 Å². The highest BCUT2D eigenvalue weighted by molar-refractivity contribution is 6.02. The SMILES string of the molecule is CN(C)CCOc1cccc(-c2nc3ccc(-c4nc5ccc(C(=N)N)cc5[nH]4)cc3[nH]2)c1.COc1ccc(-c2nc3ccc(-c4nc5ccc(C6=NCC(C)(C)CN6)cc5[nH]4)cc3[nH]2)cc1O. The Labute approximate surface area is 391 Å². The number of phenols is 1. The molecule has 0 spiro atoms. The van der Waals surface area contributed by atoms with E-state index < -0.39 is 0 Å². The molecule has 0 aliphatic carbocycles. The molecule has 0 saturated carbocycles. The molecule has 0 bridgehead atoms. The lowest BCUT2D eigenvalue weighted by Gasteiger charge is -2.29. The van der Waals surface area contributed by atoms with E-state index in [1.807, 2.05) is 99.0 Å². The van der Waals surface area contributed by atoms with Gasteiger partial charge >= 0.3 is 0 Å².